The van der Waals surface area contributed by atoms with Gasteiger partial charge in [0.2, 0.25) is 0 Å². The molecule has 0 amide bonds. The van der Waals surface area contributed by atoms with E-state index in [-0.39, 0.29) is 5.60 Å². The average molecular weight is 265 g/mol. The smallest absolute Gasteiger partial charge is 0.0834 e. The highest BCUT2D eigenvalue weighted by atomic mass is 16.5. The Hall–Kier alpha value is -0.870. The van der Waals surface area contributed by atoms with Crippen LogP contribution in [-0.2, 0) is 17.7 Å². The molecule has 19 heavy (non-hydrogen) atoms. The SMILES string of the molecule is CCNC(Cc1cc(C)nn1CC)C1(OC)CCC1. The minimum atomic E-state index is 0.0345. The molecule has 1 atom stereocenters. The Morgan fingerprint density at radius 3 is 2.68 bits per heavy atom. The van der Waals surface area contributed by atoms with Crippen molar-refractivity contribution in [2.24, 2.45) is 0 Å². The van der Waals surface area contributed by atoms with E-state index in [1.807, 2.05) is 7.11 Å². The van der Waals surface area contributed by atoms with E-state index in [4.69, 9.17) is 4.74 Å². The molecule has 0 aromatic carbocycles. The minimum absolute atomic E-state index is 0.0345. The third kappa shape index (κ3) is 2.84. The molecule has 0 radical (unpaired) electrons. The van der Waals surface area contributed by atoms with Crippen molar-refractivity contribution in [3.63, 3.8) is 0 Å². The zero-order chi connectivity index (χ0) is 13.9. The molecule has 1 aliphatic carbocycles. The van der Waals surface area contributed by atoms with Crippen LogP contribution < -0.4 is 5.32 Å². The lowest BCUT2D eigenvalue weighted by molar-refractivity contribution is -0.0981. The number of likely N-dealkylation sites (N-methyl/N-ethyl adjacent to an activating group) is 1. The van der Waals surface area contributed by atoms with Crippen molar-refractivity contribution in [3.05, 3.63) is 17.5 Å². The summed E-state index contributed by atoms with van der Waals surface area (Å²) in [4.78, 5) is 0. The molecule has 4 heteroatoms. The Balaban J connectivity index is 2.16. The summed E-state index contributed by atoms with van der Waals surface area (Å²) >= 11 is 0. The van der Waals surface area contributed by atoms with Crippen LogP contribution in [0.25, 0.3) is 0 Å². The van der Waals surface area contributed by atoms with Crippen LogP contribution in [0.1, 0.15) is 44.5 Å². The second-order valence-corrected chi connectivity index (χ2v) is 5.53. The van der Waals surface area contributed by atoms with Crippen molar-refractivity contribution in [2.45, 2.75) is 64.6 Å². The zero-order valence-corrected chi connectivity index (χ0v) is 12.7. The number of aryl methyl sites for hydroxylation is 2. The van der Waals surface area contributed by atoms with Crippen molar-refractivity contribution in [1.29, 1.82) is 0 Å². The Morgan fingerprint density at radius 1 is 1.47 bits per heavy atom. The molecule has 1 unspecified atom stereocenters. The second-order valence-electron chi connectivity index (χ2n) is 5.53. The summed E-state index contributed by atoms with van der Waals surface area (Å²) < 4.78 is 7.96. The van der Waals surface area contributed by atoms with Crippen LogP contribution in [0.2, 0.25) is 0 Å². The van der Waals surface area contributed by atoms with Gasteiger partial charge in [-0.15, -0.1) is 0 Å². The number of methoxy groups -OCH3 is 1. The maximum absolute atomic E-state index is 5.85. The second kappa shape index (κ2) is 6.06. The Kier molecular flexibility index (Phi) is 4.63. The van der Waals surface area contributed by atoms with Crippen LogP contribution in [0.5, 0.6) is 0 Å². The molecule has 1 aliphatic rings. The predicted molar refractivity (Wildman–Crippen MR) is 77.4 cm³/mol. The summed E-state index contributed by atoms with van der Waals surface area (Å²) in [6, 6.07) is 2.59. The molecule has 0 spiro atoms. The van der Waals surface area contributed by atoms with E-state index in [9.17, 15) is 0 Å². The van der Waals surface area contributed by atoms with Gasteiger partial charge in [-0.25, -0.2) is 0 Å². The van der Waals surface area contributed by atoms with E-state index in [1.165, 1.54) is 25.0 Å². The normalized spacial score (nSPS) is 19.2. The third-order valence-electron chi connectivity index (χ3n) is 4.39. The lowest BCUT2D eigenvalue weighted by Crippen LogP contribution is -2.57. The van der Waals surface area contributed by atoms with E-state index >= 15 is 0 Å². The van der Waals surface area contributed by atoms with Gasteiger partial charge in [-0.05, 0) is 45.7 Å². The van der Waals surface area contributed by atoms with E-state index in [2.05, 4.69) is 41.9 Å². The van der Waals surface area contributed by atoms with Crippen LogP contribution in [0.4, 0.5) is 0 Å². The highest BCUT2D eigenvalue weighted by Gasteiger charge is 2.44. The van der Waals surface area contributed by atoms with Crippen molar-refractivity contribution in [3.8, 4) is 0 Å². The summed E-state index contributed by atoms with van der Waals surface area (Å²) in [6.45, 7) is 8.29. The number of nitrogens with zero attached hydrogens (tertiary/aromatic N) is 2. The van der Waals surface area contributed by atoms with Crippen molar-refractivity contribution < 1.29 is 4.74 Å². The first kappa shape index (κ1) is 14.5. The molecule has 1 heterocycles. The highest BCUT2D eigenvalue weighted by molar-refractivity contribution is 5.13. The number of hydrogen-bond donors (Lipinski definition) is 1. The van der Waals surface area contributed by atoms with Gasteiger partial charge < -0.3 is 10.1 Å². The van der Waals surface area contributed by atoms with Gasteiger partial charge in [0.05, 0.1) is 11.3 Å². The summed E-state index contributed by atoms with van der Waals surface area (Å²) in [5.41, 5.74) is 2.45. The number of ether oxygens (including phenoxy) is 1. The minimum Gasteiger partial charge on any atom is -0.377 e. The molecule has 0 saturated heterocycles. The van der Waals surface area contributed by atoms with Crippen LogP contribution in [0.3, 0.4) is 0 Å². The molecule has 1 saturated carbocycles. The molecule has 1 aromatic heterocycles. The number of nitrogens with one attached hydrogen (secondary N) is 1. The molecular formula is C15H27N3O. The molecule has 2 rings (SSSR count). The fourth-order valence-electron chi connectivity index (χ4n) is 3.16. The Labute approximate surface area is 116 Å². The molecule has 108 valence electrons. The molecule has 1 fully saturated rings. The summed E-state index contributed by atoms with van der Waals surface area (Å²) in [5.74, 6) is 0. The third-order valence-corrected chi connectivity index (χ3v) is 4.39. The summed E-state index contributed by atoms with van der Waals surface area (Å²) in [5, 5.41) is 8.16. The van der Waals surface area contributed by atoms with E-state index in [1.54, 1.807) is 0 Å². The van der Waals surface area contributed by atoms with Crippen molar-refractivity contribution in [2.75, 3.05) is 13.7 Å². The van der Waals surface area contributed by atoms with Crippen molar-refractivity contribution in [1.82, 2.24) is 15.1 Å². The summed E-state index contributed by atoms with van der Waals surface area (Å²) in [7, 11) is 1.85. The molecule has 0 bridgehead atoms. The number of hydrogen-bond acceptors (Lipinski definition) is 3. The first-order valence-corrected chi connectivity index (χ1v) is 7.47. The van der Waals surface area contributed by atoms with Gasteiger partial charge in [0.1, 0.15) is 0 Å². The maximum atomic E-state index is 5.85. The van der Waals surface area contributed by atoms with Gasteiger partial charge >= 0.3 is 0 Å². The first-order valence-electron chi connectivity index (χ1n) is 7.47. The quantitative estimate of drug-likeness (QED) is 0.822. The Morgan fingerprint density at radius 2 is 2.21 bits per heavy atom. The lowest BCUT2D eigenvalue weighted by Gasteiger charge is -2.47. The van der Waals surface area contributed by atoms with Gasteiger partial charge in [-0.1, -0.05) is 6.92 Å². The highest BCUT2D eigenvalue weighted by Crippen LogP contribution is 2.39. The maximum Gasteiger partial charge on any atom is 0.0834 e. The monoisotopic (exact) mass is 265 g/mol. The van der Waals surface area contributed by atoms with Gasteiger partial charge in [0.15, 0.2) is 0 Å². The molecule has 1 aromatic rings. The zero-order valence-electron chi connectivity index (χ0n) is 12.7. The van der Waals surface area contributed by atoms with E-state index in [0.29, 0.717) is 6.04 Å². The first-order chi connectivity index (χ1) is 9.15. The lowest BCUT2D eigenvalue weighted by atomic mass is 9.73. The van der Waals surface area contributed by atoms with Gasteiger partial charge in [0, 0.05) is 31.8 Å². The molecular weight excluding hydrogens is 238 g/mol. The number of rotatable bonds is 7. The molecule has 0 aliphatic heterocycles. The van der Waals surface area contributed by atoms with Gasteiger partial charge in [0.25, 0.3) is 0 Å². The van der Waals surface area contributed by atoms with E-state index in [0.717, 1.165) is 25.2 Å². The Bertz CT molecular complexity index is 404. The van der Waals surface area contributed by atoms with Crippen LogP contribution in [0.15, 0.2) is 6.07 Å². The summed E-state index contributed by atoms with van der Waals surface area (Å²) in [6.07, 6.45) is 4.61. The molecule has 1 N–H and O–H groups in total. The van der Waals surface area contributed by atoms with Crippen LogP contribution in [0, 0.1) is 6.92 Å². The molecule has 4 nitrogen and oxygen atoms in total. The fraction of sp³-hybridized carbons (Fsp3) is 0.800. The van der Waals surface area contributed by atoms with Crippen molar-refractivity contribution >= 4 is 0 Å². The fourth-order valence-corrected chi connectivity index (χ4v) is 3.16. The standard InChI is InChI=1S/C15H27N3O/c1-5-16-14(15(19-4)8-7-9-15)11-13-10-12(3)17-18(13)6-2/h10,14,16H,5-9,11H2,1-4H3. The predicted octanol–water partition coefficient (Wildman–Crippen LogP) is 2.30. The van der Waals surface area contributed by atoms with Gasteiger partial charge in [-0.3, -0.25) is 4.68 Å². The number of aromatic nitrogens is 2. The van der Waals surface area contributed by atoms with Gasteiger partial charge in [-0.2, -0.15) is 5.10 Å². The topological polar surface area (TPSA) is 39.1 Å². The van der Waals surface area contributed by atoms with E-state index < -0.39 is 0 Å². The average Bonchev–Trinajstić information content (AvgIpc) is 2.69. The van der Waals surface area contributed by atoms with Crippen LogP contribution >= 0.6 is 0 Å². The largest absolute Gasteiger partial charge is 0.377 e. The van der Waals surface area contributed by atoms with Crippen LogP contribution in [-0.4, -0.2) is 35.1 Å².